The van der Waals surface area contributed by atoms with Gasteiger partial charge in [-0.2, -0.15) is 0 Å². The Morgan fingerprint density at radius 2 is 1.70 bits per heavy atom. The molecule has 4 heteroatoms. The van der Waals surface area contributed by atoms with Crippen LogP contribution in [0.15, 0.2) is 0 Å². The maximum Gasteiger partial charge on any atom is 0.358 e. The normalized spacial score (nSPS) is 13.4. The van der Waals surface area contributed by atoms with Crippen LogP contribution in [0.5, 0.6) is 0 Å². The summed E-state index contributed by atoms with van der Waals surface area (Å²) < 4.78 is 5.12. The molecule has 0 unspecified atom stereocenters. The van der Waals surface area contributed by atoms with E-state index >= 15 is 0 Å². The Labute approximate surface area is 62.9 Å². The first kappa shape index (κ1) is 9.94. The summed E-state index contributed by atoms with van der Waals surface area (Å²) >= 11 is 0. The van der Waals surface area contributed by atoms with Gasteiger partial charge in [0.1, 0.15) is 0 Å². The van der Waals surface area contributed by atoms with Crippen LogP contribution in [0.25, 0.3) is 0 Å². The molecule has 0 aliphatic heterocycles. The molecule has 0 rings (SSSR count). The van der Waals surface area contributed by atoms with Gasteiger partial charge in [0.25, 0.3) is 0 Å². The van der Waals surface area contributed by atoms with Gasteiger partial charge in [-0.05, 0) is 27.7 Å². The first-order valence-corrected chi connectivity index (χ1v) is 3.37. The number of aliphatic hydroxyl groups is 1. The molecule has 0 fully saturated rings. The van der Waals surface area contributed by atoms with Crippen molar-refractivity contribution in [3.05, 3.63) is 0 Å². The predicted molar refractivity (Wildman–Crippen MR) is 42.8 cm³/mol. The third-order valence-corrected chi connectivity index (χ3v) is 1.92. The zero-order chi connectivity index (χ0) is 8.41. The van der Waals surface area contributed by atoms with Gasteiger partial charge in [-0.15, -0.1) is 0 Å². The van der Waals surface area contributed by atoms with Crippen molar-refractivity contribution in [3.8, 4) is 0 Å². The smallest absolute Gasteiger partial charge is 0.358 e. The van der Waals surface area contributed by atoms with E-state index in [2.05, 4.69) is 0 Å². The molecular formula is C6H16BNO2. The second-order valence-electron chi connectivity index (χ2n) is 3.38. The molecule has 0 saturated heterocycles. The standard InChI is InChI=1S/C6H16BNO2/c1-5(2,9)6(3,4)10-7-8/h7,9H,8H2,1-4H3. The maximum absolute atomic E-state index is 9.50. The van der Waals surface area contributed by atoms with Gasteiger partial charge in [0.2, 0.25) is 0 Å². The van der Waals surface area contributed by atoms with Crippen molar-refractivity contribution < 1.29 is 9.76 Å². The van der Waals surface area contributed by atoms with Gasteiger partial charge in [-0.3, -0.25) is 0 Å². The van der Waals surface area contributed by atoms with Gasteiger partial charge in [0.05, 0.1) is 11.2 Å². The molecule has 0 aliphatic rings. The van der Waals surface area contributed by atoms with E-state index in [9.17, 15) is 5.11 Å². The summed E-state index contributed by atoms with van der Waals surface area (Å²) in [5, 5.41) is 9.50. The van der Waals surface area contributed by atoms with E-state index in [1.54, 1.807) is 27.7 Å². The lowest BCUT2D eigenvalue weighted by Crippen LogP contribution is -2.49. The van der Waals surface area contributed by atoms with Gasteiger partial charge >= 0.3 is 7.62 Å². The van der Waals surface area contributed by atoms with Crippen LogP contribution in [-0.2, 0) is 4.65 Å². The van der Waals surface area contributed by atoms with Crippen molar-refractivity contribution in [2.45, 2.75) is 38.9 Å². The van der Waals surface area contributed by atoms with Crippen molar-refractivity contribution in [1.29, 1.82) is 0 Å². The van der Waals surface area contributed by atoms with Crippen LogP contribution in [0, 0.1) is 0 Å². The molecule has 3 N–H and O–H groups in total. The summed E-state index contributed by atoms with van der Waals surface area (Å²) in [6.45, 7) is 7.00. The summed E-state index contributed by atoms with van der Waals surface area (Å²) in [5.41, 5.74) is 3.74. The van der Waals surface area contributed by atoms with Crippen molar-refractivity contribution >= 4 is 7.62 Å². The van der Waals surface area contributed by atoms with E-state index in [4.69, 9.17) is 10.3 Å². The molecule has 60 valence electrons. The minimum atomic E-state index is -0.855. The molecule has 0 bridgehead atoms. The molecule has 10 heavy (non-hydrogen) atoms. The van der Waals surface area contributed by atoms with E-state index in [0.717, 1.165) is 0 Å². The van der Waals surface area contributed by atoms with E-state index < -0.39 is 11.2 Å². The average molecular weight is 145 g/mol. The Morgan fingerprint density at radius 1 is 1.30 bits per heavy atom. The third-order valence-electron chi connectivity index (χ3n) is 1.92. The predicted octanol–water partition coefficient (Wildman–Crippen LogP) is -0.222. The molecule has 0 radical (unpaired) electrons. The molecule has 0 amide bonds. The van der Waals surface area contributed by atoms with E-state index in [0.29, 0.717) is 0 Å². The zero-order valence-corrected chi connectivity index (χ0v) is 7.14. The van der Waals surface area contributed by atoms with Gasteiger partial charge < -0.3 is 15.4 Å². The van der Waals surface area contributed by atoms with Crippen molar-refractivity contribution in [2.24, 2.45) is 5.64 Å². The number of rotatable bonds is 3. The fraction of sp³-hybridized carbons (Fsp3) is 1.00. The van der Waals surface area contributed by atoms with Gasteiger partial charge in [0.15, 0.2) is 0 Å². The lowest BCUT2D eigenvalue weighted by atomic mass is 9.88. The van der Waals surface area contributed by atoms with Crippen molar-refractivity contribution in [3.63, 3.8) is 0 Å². The Balaban J connectivity index is 4.10. The maximum atomic E-state index is 9.50. The van der Waals surface area contributed by atoms with Crippen LogP contribution in [0.3, 0.4) is 0 Å². The highest BCUT2D eigenvalue weighted by molar-refractivity contribution is 6.22. The zero-order valence-electron chi connectivity index (χ0n) is 7.14. The molecule has 0 aromatic heterocycles. The molecule has 0 aromatic carbocycles. The number of nitrogens with two attached hydrogens (primary N) is 1. The highest BCUT2D eigenvalue weighted by Crippen LogP contribution is 2.23. The van der Waals surface area contributed by atoms with Crippen LogP contribution in [0.1, 0.15) is 27.7 Å². The van der Waals surface area contributed by atoms with Crippen LogP contribution < -0.4 is 5.64 Å². The third kappa shape index (κ3) is 2.29. The second-order valence-corrected chi connectivity index (χ2v) is 3.38. The molecule has 0 spiro atoms. The number of hydrogen-bond acceptors (Lipinski definition) is 3. The molecule has 0 saturated carbocycles. The fourth-order valence-electron chi connectivity index (χ4n) is 0.385. The number of hydrogen-bond donors (Lipinski definition) is 2. The first-order valence-electron chi connectivity index (χ1n) is 3.37. The minimum absolute atomic E-state index is 0.136. The highest BCUT2D eigenvalue weighted by Gasteiger charge is 2.35. The first-order chi connectivity index (χ1) is 4.31. The highest BCUT2D eigenvalue weighted by atomic mass is 16.5. The van der Waals surface area contributed by atoms with Crippen molar-refractivity contribution in [2.75, 3.05) is 0 Å². The Hall–Kier alpha value is -0.0551. The summed E-state index contributed by atoms with van der Waals surface area (Å²) in [5.74, 6) is 0. The summed E-state index contributed by atoms with van der Waals surface area (Å²) in [4.78, 5) is 0. The molecule has 3 nitrogen and oxygen atoms in total. The Morgan fingerprint density at radius 3 is 1.80 bits per heavy atom. The largest absolute Gasteiger partial charge is 0.416 e. The van der Waals surface area contributed by atoms with Gasteiger partial charge in [-0.1, -0.05) is 0 Å². The molecule has 0 atom stereocenters. The SMILES string of the molecule is CC(C)(O)C(C)(C)OBN. The van der Waals surface area contributed by atoms with Crippen LogP contribution >= 0.6 is 0 Å². The molecule has 0 aromatic rings. The van der Waals surface area contributed by atoms with Crippen LogP contribution in [-0.4, -0.2) is 23.9 Å². The summed E-state index contributed by atoms with van der Waals surface area (Å²) in [6, 6.07) is 0. The monoisotopic (exact) mass is 145 g/mol. The van der Waals surface area contributed by atoms with Crippen LogP contribution in [0.4, 0.5) is 0 Å². The summed E-state index contributed by atoms with van der Waals surface area (Å²) in [7, 11) is 0.136. The minimum Gasteiger partial charge on any atom is -0.416 e. The fourth-order valence-corrected chi connectivity index (χ4v) is 0.385. The average Bonchev–Trinajstić information content (AvgIpc) is 1.61. The Kier molecular flexibility index (Phi) is 2.89. The van der Waals surface area contributed by atoms with E-state index in [1.807, 2.05) is 0 Å². The van der Waals surface area contributed by atoms with E-state index in [1.165, 1.54) is 0 Å². The topological polar surface area (TPSA) is 55.5 Å². The van der Waals surface area contributed by atoms with Gasteiger partial charge in [0, 0.05) is 0 Å². The second kappa shape index (κ2) is 2.90. The molecule has 0 heterocycles. The van der Waals surface area contributed by atoms with Gasteiger partial charge in [-0.25, -0.2) is 0 Å². The lowest BCUT2D eigenvalue weighted by molar-refractivity contribution is -0.0903. The lowest BCUT2D eigenvalue weighted by Gasteiger charge is -2.37. The molecular weight excluding hydrogens is 129 g/mol. The quantitative estimate of drug-likeness (QED) is 0.539. The van der Waals surface area contributed by atoms with E-state index in [-0.39, 0.29) is 7.62 Å². The summed E-state index contributed by atoms with van der Waals surface area (Å²) in [6.07, 6.45) is 0. The molecule has 0 aliphatic carbocycles. The van der Waals surface area contributed by atoms with Crippen molar-refractivity contribution in [1.82, 2.24) is 0 Å². The van der Waals surface area contributed by atoms with Crippen LogP contribution in [0.2, 0.25) is 0 Å². The Bertz CT molecular complexity index is 109.